The van der Waals surface area contributed by atoms with Crippen LogP contribution in [0.25, 0.3) is 0 Å². The molecule has 5 heteroatoms. The zero-order valence-electron chi connectivity index (χ0n) is 10.6. The molecule has 1 N–H and O–H groups in total. The molecule has 1 unspecified atom stereocenters. The molecule has 0 aromatic heterocycles. The van der Waals surface area contributed by atoms with Crippen LogP contribution in [-0.4, -0.2) is 55.5 Å². The van der Waals surface area contributed by atoms with Crippen molar-refractivity contribution < 1.29 is 14.3 Å². The Balaban J connectivity index is 2.28. The lowest BCUT2D eigenvalue weighted by Crippen LogP contribution is -2.38. The molecule has 0 saturated carbocycles. The van der Waals surface area contributed by atoms with Gasteiger partial charge < -0.3 is 10.1 Å². The van der Waals surface area contributed by atoms with Crippen LogP contribution in [0.3, 0.4) is 0 Å². The van der Waals surface area contributed by atoms with Crippen molar-refractivity contribution in [2.45, 2.75) is 38.8 Å². The lowest BCUT2D eigenvalue weighted by Gasteiger charge is -2.26. The summed E-state index contributed by atoms with van der Waals surface area (Å²) in [4.78, 5) is 23.8. The number of rotatable bonds is 8. The van der Waals surface area contributed by atoms with Crippen molar-refractivity contribution in [1.82, 2.24) is 10.2 Å². The minimum absolute atomic E-state index is 0.0169. The first-order valence-electron chi connectivity index (χ1n) is 6.20. The molecular weight excluding hydrogens is 220 g/mol. The lowest BCUT2D eigenvalue weighted by molar-refractivity contribution is -0.129. The largest absolute Gasteiger partial charge is 0.467 e. The zero-order valence-corrected chi connectivity index (χ0v) is 10.6. The Labute approximate surface area is 102 Å². The van der Waals surface area contributed by atoms with Crippen molar-refractivity contribution in [2.75, 3.05) is 26.2 Å². The van der Waals surface area contributed by atoms with Crippen molar-refractivity contribution >= 4 is 12.3 Å². The second-order valence-electron chi connectivity index (χ2n) is 4.61. The second kappa shape index (κ2) is 7.40. The number of ketones is 1. The standard InChI is InChI=1S/C12H22N2O3/c1-10(2)14(7-8-17-9-15)6-4-11-12(16)3-5-13-11/h9-11,13H,3-8H2,1-2H3. The van der Waals surface area contributed by atoms with Crippen LogP contribution in [-0.2, 0) is 14.3 Å². The minimum atomic E-state index is 0.0169. The predicted octanol–water partition coefficient (Wildman–Crippen LogP) is 0.191. The van der Waals surface area contributed by atoms with Gasteiger partial charge in [-0.15, -0.1) is 0 Å². The van der Waals surface area contributed by atoms with Crippen molar-refractivity contribution in [1.29, 1.82) is 0 Å². The fourth-order valence-electron chi connectivity index (χ4n) is 2.06. The molecule has 98 valence electrons. The van der Waals surface area contributed by atoms with Crippen LogP contribution in [0.4, 0.5) is 0 Å². The van der Waals surface area contributed by atoms with Crippen LogP contribution in [0.1, 0.15) is 26.7 Å². The van der Waals surface area contributed by atoms with Gasteiger partial charge in [0.15, 0.2) is 5.78 Å². The summed E-state index contributed by atoms with van der Waals surface area (Å²) in [5.74, 6) is 0.317. The fourth-order valence-corrected chi connectivity index (χ4v) is 2.06. The first-order chi connectivity index (χ1) is 8.15. The molecule has 0 bridgehead atoms. The van der Waals surface area contributed by atoms with E-state index in [1.54, 1.807) is 0 Å². The zero-order chi connectivity index (χ0) is 12.7. The number of carbonyl (C=O) groups is 2. The molecule has 1 fully saturated rings. The smallest absolute Gasteiger partial charge is 0.293 e. The molecule has 1 aliphatic rings. The van der Waals surface area contributed by atoms with Crippen LogP contribution >= 0.6 is 0 Å². The van der Waals surface area contributed by atoms with Gasteiger partial charge in [-0.05, 0) is 20.3 Å². The van der Waals surface area contributed by atoms with Crippen LogP contribution in [0, 0.1) is 0 Å². The molecule has 0 aromatic rings. The van der Waals surface area contributed by atoms with E-state index in [9.17, 15) is 9.59 Å². The molecule has 0 aromatic carbocycles. The van der Waals surface area contributed by atoms with Gasteiger partial charge in [-0.1, -0.05) is 0 Å². The van der Waals surface area contributed by atoms with E-state index in [2.05, 4.69) is 24.1 Å². The number of hydrogen-bond acceptors (Lipinski definition) is 5. The molecule has 1 saturated heterocycles. The maximum Gasteiger partial charge on any atom is 0.293 e. The Kier molecular flexibility index (Phi) is 6.15. The highest BCUT2D eigenvalue weighted by molar-refractivity contribution is 5.86. The number of hydrogen-bond donors (Lipinski definition) is 1. The highest BCUT2D eigenvalue weighted by Gasteiger charge is 2.24. The monoisotopic (exact) mass is 242 g/mol. The van der Waals surface area contributed by atoms with Crippen LogP contribution in [0.15, 0.2) is 0 Å². The highest BCUT2D eigenvalue weighted by atomic mass is 16.5. The van der Waals surface area contributed by atoms with E-state index in [1.165, 1.54) is 0 Å². The number of nitrogens with zero attached hydrogens (tertiary/aromatic N) is 1. The summed E-state index contributed by atoms with van der Waals surface area (Å²) >= 11 is 0. The third-order valence-electron chi connectivity index (χ3n) is 3.15. The van der Waals surface area contributed by atoms with E-state index in [0.717, 1.165) is 26.1 Å². The molecule has 1 rings (SSSR count). The van der Waals surface area contributed by atoms with Crippen LogP contribution in [0.5, 0.6) is 0 Å². The fraction of sp³-hybridized carbons (Fsp3) is 0.833. The van der Waals surface area contributed by atoms with Crippen molar-refractivity contribution in [2.24, 2.45) is 0 Å². The van der Waals surface area contributed by atoms with Gasteiger partial charge in [0.05, 0.1) is 6.04 Å². The average molecular weight is 242 g/mol. The van der Waals surface area contributed by atoms with E-state index in [0.29, 0.717) is 31.3 Å². The Bertz CT molecular complexity index is 256. The minimum Gasteiger partial charge on any atom is -0.467 e. The molecular formula is C12H22N2O3. The Morgan fingerprint density at radius 3 is 2.82 bits per heavy atom. The van der Waals surface area contributed by atoms with Gasteiger partial charge in [-0.2, -0.15) is 0 Å². The number of ether oxygens (including phenoxy) is 1. The number of nitrogens with one attached hydrogen (secondary N) is 1. The highest BCUT2D eigenvalue weighted by Crippen LogP contribution is 2.07. The summed E-state index contributed by atoms with van der Waals surface area (Å²) < 4.78 is 4.70. The Morgan fingerprint density at radius 1 is 1.53 bits per heavy atom. The average Bonchev–Trinajstić information content (AvgIpc) is 2.69. The summed E-state index contributed by atoms with van der Waals surface area (Å²) in [5, 5.41) is 3.20. The van der Waals surface area contributed by atoms with Crippen molar-refractivity contribution in [3.05, 3.63) is 0 Å². The molecule has 0 radical (unpaired) electrons. The summed E-state index contributed by atoms with van der Waals surface area (Å²) in [6.07, 6.45) is 1.48. The third kappa shape index (κ3) is 4.83. The topological polar surface area (TPSA) is 58.6 Å². The summed E-state index contributed by atoms with van der Waals surface area (Å²) in [6, 6.07) is 0.407. The predicted molar refractivity (Wildman–Crippen MR) is 64.8 cm³/mol. The van der Waals surface area contributed by atoms with E-state index in [4.69, 9.17) is 4.74 Å². The summed E-state index contributed by atoms with van der Waals surface area (Å²) in [6.45, 7) is 7.46. The van der Waals surface area contributed by atoms with E-state index in [-0.39, 0.29) is 6.04 Å². The SMILES string of the molecule is CC(C)N(CCOC=O)CCC1NCCC1=O. The summed E-state index contributed by atoms with van der Waals surface area (Å²) in [7, 11) is 0. The van der Waals surface area contributed by atoms with Gasteiger partial charge in [-0.25, -0.2) is 0 Å². The number of carbonyl (C=O) groups excluding carboxylic acids is 2. The molecule has 17 heavy (non-hydrogen) atoms. The second-order valence-corrected chi connectivity index (χ2v) is 4.61. The van der Waals surface area contributed by atoms with Crippen LogP contribution in [0.2, 0.25) is 0 Å². The molecule has 0 amide bonds. The van der Waals surface area contributed by atoms with Gasteiger partial charge in [-0.3, -0.25) is 14.5 Å². The lowest BCUT2D eigenvalue weighted by atomic mass is 10.1. The van der Waals surface area contributed by atoms with Crippen molar-refractivity contribution in [3.8, 4) is 0 Å². The van der Waals surface area contributed by atoms with E-state index < -0.39 is 0 Å². The number of Topliss-reactive ketones (excluding diaryl/α,β-unsaturated/α-hetero) is 1. The molecule has 5 nitrogen and oxygen atoms in total. The molecule has 1 heterocycles. The Morgan fingerprint density at radius 2 is 2.29 bits per heavy atom. The van der Waals surface area contributed by atoms with E-state index in [1.807, 2.05) is 0 Å². The van der Waals surface area contributed by atoms with Gasteiger partial charge in [0.2, 0.25) is 0 Å². The van der Waals surface area contributed by atoms with Gasteiger partial charge in [0.1, 0.15) is 6.61 Å². The quantitative estimate of drug-likeness (QED) is 0.486. The van der Waals surface area contributed by atoms with Gasteiger partial charge >= 0.3 is 0 Å². The third-order valence-corrected chi connectivity index (χ3v) is 3.15. The molecule has 0 aliphatic carbocycles. The normalized spacial score (nSPS) is 20.2. The van der Waals surface area contributed by atoms with Gasteiger partial charge in [0.25, 0.3) is 6.47 Å². The molecule has 1 atom stereocenters. The summed E-state index contributed by atoms with van der Waals surface area (Å²) in [5.41, 5.74) is 0. The van der Waals surface area contributed by atoms with E-state index >= 15 is 0 Å². The first kappa shape index (κ1) is 14.1. The van der Waals surface area contributed by atoms with Crippen molar-refractivity contribution in [3.63, 3.8) is 0 Å². The van der Waals surface area contributed by atoms with Gasteiger partial charge in [0, 0.05) is 32.1 Å². The maximum absolute atomic E-state index is 11.5. The Hall–Kier alpha value is -0.940. The first-order valence-corrected chi connectivity index (χ1v) is 6.20. The van der Waals surface area contributed by atoms with Crippen LogP contribution < -0.4 is 5.32 Å². The molecule has 1 aliphatic heterocycles. The molecule has 0 spiro atoms. The maximum atomic E-state index is 11.5.